The number of benzene rings is 2. The molecule has 1 spiro atoms. The number of hydrogen-bond acceptors (Lipinski definition) is 3. The lowest BCUT2D eigenvalue weighted by Crippen LogP contribution is -2.48. The number of carbonyl (C=O) groups excluding carboxylic acids is 2. The molecule has 0 atom stereocenters. The van der Waals surface area contributed by atoms with Gasteiger partial charge in [0.25, 0.3) is 5.91 Å². The van der Waals surface area contributed by atoms with Gasteiger partial charge in [-0.3, -0.25) is 14.6 Å². The van der Waals surface area contributed by atoms with E-state index in [9.17, 15) is 14.0 Å². The number of nitrogens with one attached hydrogen (secondary N) is 1. The summed E-state index contributed by atoms with van der Waals surface area (Å²) in [6, 6.07) is 11.5. The van der Waals surface area contributed by atoms with Crippen LogP contribution in [0.3, 0.4) is 0 Å². The average Bonchev–Trinajstić information content (AvgIpc) is 3.27. The van der Waals surface area contributed by atoms with E-state index < -0.39 is 5.66 Å². The predicted octanol–water partition coefficient (Wildman–Crippen LogP) is 3.98. The molecule has 6 heteroatoms. The third-order valence-corrected chi connectivity index (χ3v) is 5.97. The number of nitrogens with zero attached hydrogens (tertiary/aromatic N) is 2. The fourth-order valence-corrected chi connectivity index (χ4v) is 4.19. The number of halogens is 1. The Kier molecular flexibility index (Phi) is 4.94. The molecule has 29 heavy (non-hydrogen) atoms. The van der Waals surface area contributed by atoms with Gasteiger partial charge in [0, 0.05) is 11.3 Å². The van der Waals surface area contributed by atoms with Crippen LogP contribution >= 0.6 is 0 Å². The van der Waals surface area contributed by atoms with Crippen molar-refractivity contribution in [3.63, 3.8) is 0 Å². The van der Waals surface area contributed by atoms with Crippen LogP contribution in [-0.4, -0.2) is 34.6 Å². The first kappa shape index (κ1) is 19.3. The van der Waals surface area contributed by atoms with Crippen molar-refractivity contribution in [2.24, 2.45) is 4.99 Å². The predicted molar refractivity (Wildman–Crippen MR) is 110 cm³/mol. The summed E-state index contributed by atoms with van der Waals surface area (Å²) >= 11 is 0. The fraction of sp³-hybridized carbons (Fsp3) is 0.348. The van der Waals surface area contributed by atoms with Crippen molar-refractivity contribution >= 4 is 23.2 Å². The van der Waals surface area contributed by atoms with Crippen LogP contribution in [0, 0.1) is 19.7 Å². The van der Waals surface area contributed by atoms with E-state index in [1.165, 1.54) is 12.1 Å². The molecule has 1 fully saturated rings. The molecule has 0 aromatic heterocycles. The van der Waals surface area contributed by atoms with Gasteiger partial charge in [0.2, 0.25) is 5.91 Å². The van der Waals surface area contributed by atoms with Crippen LogP contribution in [0.2, 0.25) is 0 Å². The van der Waals surface area contributed by atoms with Crippen LogP contribution < -0.4 is 5.32 Å². The molecular formula is C23H24FN3O2. The summed E-state index contributed by atoms with van der Waals surface area (Å²) in [6.45, 7) is 3.89. The molecular weight excluding hydrogens is 369 g/mol. The van der Waals surface area contributed by atoms with Crippen molar-refractivity contribution < 1.29 is 14.0 Å². The Morgan fingerprint density at radius 2 is 1.83 bits per heavy atom. The van der Waals surface area contributed by atoms with Gasteiger partial charge >= 0.3 is 0 Å². The highest BCUT2D eigenvalue weighted by atomic mass is 19.1. The number of carbonyl (C=O) groups is 2. The third kappa shape index (κ3) is 3.55. The lowest BCUT2D eigenvalue weighted by atomic mass is 10.1. The quantitative estimate of drug-likeness (QED) is 0.854. The third-order valence-electron chi connectivity index (χ3n) is 5.97. The van der Waals surface area contributed by atoms with Gasteiger partial charge in [-0.25, -0.2) is 4.39 Å². The van der Waals surface area contributed by atoms with Crippen molar-refractivity contribution in [3.8, 4) is 0 Å². The van der Waals surface area contributed by atoms with Gasteiger partial charge in [-0.2, -0.15) is 0 Å². The van der Waals surface area contributed by atoms with Gasteiger partial charge in [-0.15, -0.1) is 0 Å². The van der Waals surface area contributed by atoms with Crippen molar-refractivity contribution in [3.05, 3.63) is 65.0 Å². The maximum Gasteiger partial charge on any atom is 0.275 e. The maximum absolute atomic E-state index is 13.3. The average molecular weight is 393 g/mol. The van der Waals surface area contributed by atoms with Crippen LogP contribution in [0.25, 0.3) is 0 Å². The Balaban J connectivity index is 1.58. The van der Waals surface area contributed by atoms with E-state index in [1.54, 1.807) is 17.0 Å². The second-order valence-corrected chi connectivity index (χ2v) is 7.84. The summed E-state index contributed by atoms with van der Waals surface area (Å²) in [6.07, 6.45) is 3.39. The van der Waals surface area contributed by atoms with Gasteiger partial charge in [0.05, 0.1) is 0 Å². The topological polar surface area (TPSA) is 61.8 Å². The molecule has 1 saturated carbocycles. The molecule has 2 amide bonds. The van der Waals surface area contributed by atoms with E-state index in [0.29, 0.717) is 11.3 Å². The zero-order chi connectivity index (χ0) is 20.6. The van der Waals surface area contributed by atoms with Gasteiger partial charge in [-0.05, 0) is 81.0 Å². The summed E-state index contributed by atoms with van der Waals surface area (Å²) in [5.74, 6) is -0.872. The first-order valence-corrected chi connectivity index (χ1v) is 9.93. The largest absolute Gasteiger partial charge is 0.324 e. The van der Waals surface area contributed by atoms with E-state index >= 15 is 0 Å². The molecule has 2 aromatic carbocycles. The lowest BCUT2D eigenvalue weighted by Gasteiger charge is -2.32. The number of amides is 2. The zero-order valence-electron chi connectivity index (χ0n) is 16.7. The molecule has 0 saturated heterocycles. The highest BCUT2D eigenvalue weighted by Crippen LogP contribution is 2.41. The second-order valence-electron chi connectivity index (χ2n) is 7.84. The van der Waals surface area contributed by atoms with Crippen molar-refractivity contribution in [2.45, 2.75) is 45.2 Å². The van der Waals surface area contributed by atoms with Gasteiger partial charge in [0.1, 0.15) is 23.7 Å². The van der Waals surface area contributed by atoms with Crippen molar-refractivity contribution in [1.29, 1.82) is 0 Å². The Labute approximate surface area is 169 Å². The molecule has 1 N–H and O–H groups in total. The lowest BCUT2D eigenvalue weighted by molar-refractivity contribution is -0.132. The minimum atomic E-state index is -0.667. The number of aliphatic imine (C=N–C) groups is 1. The normalized spacial score (nSPS) is 17.7. The van der Waals surface area contributed by atoms with E-state index in [-0.39, 0.29) is 24.2 Å². The van der Waals surface area contributed by atoms with Crippen molar-refractivity contribution in [1.82, 2.24) is 4.90 Å². The minimum Gasteiger partial charge on any atom is -0.324 e. The standard InChI is InChI=1S/C23H24FN3O2/c1-15-6-5-7-19(16(15)2)25-20(28)14-27-22(29)21(17-8-10-18(24)11-9-17)26-23(27)12-3-4-13-23/h5-11H,3-4,12-14H2,1-2H3,(H,25,28). The molecule has 1 aliphatic carbocycles. The molecule has 2 aromatic rings. The molecule has 2 aliphatic rings. The van der Waals surface area contributed by atoms with Crippen LogP contribution in [-0.2, 0) is 9.59 Å². The SMILES string of the molecule is Cc1cccc(NC(=O)CN2C(=O)C(c3ccc(F)cc3)=NC23CCCC3)c1C. The van der Waals surface area contributed by atoms with Gasteiger partial charge in [-0.1, -0.05) is 12.1 Å². The smallest absolute Gasteiger partial charge is 0.275 e. The molecule has 1 aliphatic heterocycles. The van der Waals surface area contributed by atoms with E-state index in [0.717, 1.165) is 42.5 Å². The first-order valence-electron chi connectivity index (χ1n) is 9.93. The molecule has 0 radical (unpaired) electrons. The molecule has 0 unspecified atom stereocenters. The molecule has 0 bridgehead atoms. The second kappa shape index (κ2) is 7.43. The van der Waals surface area contributed by atoms with Crippen LogP contribution in [0.1, 0.15) is 42.4 Å². The fourth-order valence-electron chi connectivity index (χ4n) is 4.19. The number of rotatable bonds is 4. The zero-order valence-corrected chi connectivity index (χ0v) is 16.7. The summed E-state index contributed by atoms with van der Waals surface area (Å²) in [7, 11) is 0. The van der Waals surface area contributed by atoms with E-state index in [1.807, 2.05) is 32.0 Å². The Morgan fingerprint density at radius 3 is 2.52 bits per heavy atom. The molecule has 150 valence electrons. The Morgan fingerprint density at radius 1 is 1.14 bits per heavy atom. The summed E-state index contributed by atoms with van der Waals surface area (Å²) in [4.78, 5) is 32.3. The van der Waals surface area contributed by atoms with E-state index in [4.69, 9.17) is 4.99 Å². The molecule has 5 nitrogen and oxygen atoms in total. The first-order chi connectivity index (χ1) is 13.9. The van der Waals surface area contributed by atoms with Crippen LogP contribution in [0.4, 0.5) is 10.1 Å². The van der Waals surface area contributed by atoms with Crippen LogP contribution in [0.15, 0.2) is 47.5 Å². The maximum atomic E-state index is 13.3. The van der Waals surface area contributed by atoms with Crippen LogP contribution in [0.5, 0.6) is 0 Å². The molecule has 4 rings (SSSR count). The number of hydrogen-bond donors (Lipinski definition) is 1. The minimum absolute atomic E-state index is 0.0551. The van der Waals surface area contributed by atoms with Gasteiger partial charge in [0.15, 0.2) is 0 Å². The summed E-state index contributed by atoms with van der Waals surface area (Å²) in [5.41, 5.74) is 3.08. The monoisotopic (exact) mass is 393 g/mol. The summed E-state index contributed by atoms with van der Waals surface area (Å²) < 4.78 is 13.3. The number of anilines is 1. The highest BCUT2D eigenvalue weighted by Gasteiger charge is 2.49. The Hall–Kier alpha value is -3.02. The van der Waals surface area contributed by atoms with Crippen molar-refractivity contribution in [2.75, 3.05) is 11.9 Å². The highest BCUT2D eigenvalue weighted by molar-refractivity contribution is 6.47. The van der Waals surface area contributed by atoms with E-state index in [2.05, 4.69) is 5.32 Å². The number of aryl methyl sites for hydroxylation is 1. The summed E-state index contributed by atoms with van der Waals surface area (Å²) in [5, 5.41) is 2.93. The van der Waals surface area contributed by atoms with Gasteiger partial charge < -0.3 is 10.2 Å². The molecule has 1 heterocycles. The Bertz CT molecular complexity index is 992.